The van der Waals surface area contributed by atoms with Crippen molar-refractivity contribution >= 4 is 34.0 Å². The molecule has 0 spiro atoms. The monoisotopic (exact) mass is 513 g/mol. The first-order valence-electron chi connectivity index (χ1n) is 12.7. The first-order valence-corrected chi connectivity index (χ1v) is 13.1. The highest BCUT2D eigenvalue weighted by Gasteiger charge is 2.37. The van der Waals surface area contributed by atoms with E-state index < -0.39 is 5.82 Å². The average molecular weight is 514 g/mol. The van der Waals surface area contributed by atoms with Crippen molar-refractivity contribution in [3.63, 3.8) is 0 Å². The first kappa shape index (κ1) is 25.0. The van der Waals surface area contributed by atoms with Crippen molar-refractivity contribution in [2.24, 2.45) is 5.92 Å². The third-order valence-electron chi connectivity index (χ3n) is 7.37. The van der Waals surface area contributed by atoms with Crippen LogP contribution in [0.3, 0.4) is 0 Å². The van der Waals surface area contributed by atoms with Gasteiger partial charge in [0.25, 0.3) is 0 Å². The Morgan fingerprint density at radius 3 is 2.86 bits per heavy atom. The molecule has 2 saturated heterocycles. The number of anilines is 2. The molecule has 5 rings (SSSR count). The van der Waals surface area contributed by atoms with Gasteiger partial charge in [0.15, 0.2) is 11.5 Å². The van der Waals surface area contributed by atoms with Crippen molar-refractivity contribution in [2.45, 2.75) is 32.2 Å². The van der Waals surface area contributed by atoms with Crippen molar-refractivity contribution in [2.75, 3.05) is 51.8 Å². The summed E-state index contributed by atoms with van der Waals surface area (Å²) in [6.45, 7) is 8.64. The predicted octanol–water partition coefficient (Wildman–Crippen LogP) is 5.36. The number of likely N-dealkylation sites (tertiary alicyclic amines) is 2. The number of hydrogen-bond acceptors (Lipinski definition) is 7. The Morgan fingerprint density at radius 2 is 2.06 bits per heavy atom. The van der Waals surface area contributed by atoms with Crippen molar-refractivity contribution < 1.29 is 13.9 Å². The molecular formula is C27H33ClFN5O2. The maximum Gasteiger partial charge on any atom is 0.162 e. The van der Waals surface area contributed by atoms with Crippen molar-refractivity contribution in [3.8, 4) is 11.5 Å². The van der Waals surface area contributed by atoms with Gasteiger partial charge in [-0.15, -0.1) is 0 Å². The maximum absolute atomic E-state index is 13.6. The van der Waals surface area contributed by atoms with Gasteiger partial charge in [-0.05, 0) is 62.5 Å². The van der Waals surface area contributed by atoms with Gasteiger partial charge in [0.2, 0.25) is 0 Å². The summed E-state index contributed by atoms with van der Waals surface area (Å²) in [4.78, 5) is 14.0. The number of benzene rings is 2. The molecule has 7 nitrogen and oxygen atoms in total. The summed E-state index contributed by atoms with van der Waals surface area (Å²) < 4.78 is 25.4. The SMILES string of the molecule is CCN1CC2CCCN(CCCOc3cc4c(Nc5ccc(F)c(Cl)c5)ncnc4cc3OC)C2C1. The highest BCUT2D eigenvalue weighted by atomic mass is 35.5. The second-order valence-corrected chi connectivity index (χ2v) is 9.96. The van der Waals surface area contributed by atoms with Crippen molar-refractivity contribution in [1.29, 1.82) is 0 Å². The highest BCUT2D eigenvalue weighted by molar-refractivity contribution is 6.31. The molecule has 1 aromatic heterocycles. The fourth-order valence-electron chi connectivity index (χ4n) is 5.49. The maximum atomic E-state index is 13.6. The number of rotatable bonds is 9. The standard InChI is InChI=1S/C27H33ClFN5O2/c1-3-33-15-18-6-4-9-34(24(18)16-33)10-5-11-36-26-13-20-23(14-25(26)35-2)30-17-31-27(20)32-19-7-8-22(29)21(28)12-19/h7-8,12-14,17-18,24H,3-6,9-11,15-16H2,1-2H3,(H,30,31,32). The second kappa shape index (κ2) is 11.2. The van der Waals surface area contributed by atoms with Gasteiger partial charge >= 0.3 is 0 Å². The minimum Gasteiger partial charge on any atom is -0.493 e. The number of nitrogens with zero attached hydrogens (tertiary/aromatic N) is 4. The van der Waals surface area contributed by atoms with E-state index in [0.717, 1.165) is 30.8 Å². The Balaban J connectivity index is 1.27. The molecule has 2 aromatic carbocycles. The topological polar surface area (TPSA) is 62.8 Å². The highest BCUT2D eigenvalue weighted by Crippen LogP contribution is 2.35. The van der Waals surface area contributed by atoms with E-state index in [0.29, 0.717) is 41.2 Å². The summed E-state index contributed by atoms with van der Waals surface area (Å²) in [5, 5.41) is 4.03. The van der Waals surface area contributed by atoms with Gasteiger partial charge < -0.3 is 19.7 Å². The number of halogens is 2. The number of piperidine rings is 1. The molecule has 9 heteroatoms. The predicted molar refractivity (Wildman–Crippen MR) is 141 cm³/mol. The Bertz CT molecular complexity index is 1210. The molecule has 1 N–H and O–H groups in total. The van der Waals surface area contributed by atoms with Gasteiger partial charge in [0, 0.05) is 42.8 Å². The number of nitrogens with one attached hydrogen (secondary N) is 1. The minimum absolute atomic E-state index is 0.0454. The van der Waals surface area contributed by atoms with Crippen LogP contribution in [0.4, 0.5) is 15.9 Å². The third kappa shape index (κ3) is 5.36. The molecule has 2 aliphatic heterocycles. The lowest BCUT2D eigenvalue weighted by Crippen LogP contribution is -2.45. The molecule has 36 heavy (non-hydrogen) atoms. The van der Waals surface area contributed by atoms with E-state index >= 15 is 0 Å². The van der Waals surface area contributed by atoms with Gasteiger partial charge in [-0.2, -0.15) is 0 Å². The number of likely N-dealkylation sites (N-methyl/N-ethyl adjacent to an activating group) is 1. The zero-order valence-corrected chi connectivity index (χ0v) is 21.6. The fraction of sp³-hybridized carbons (Fsp3) is 0.481. The number of fused-ring (bicyclic) bond motifs is 2. The van der Waals surface area contributed by atoms with Crippen LogP contribution in [0.25, 0.3) is 10.9 Å². The van der Waals surface area contributed by atoms with Crippen LogP contribution in [-0.4, -0.2) is 72.3 Å². The Kier molecular flexibility index (Phi) is 7.74. The minimum atomic E-state index is -0.467. The molecule has 0 aliphatic carbocycles. The lowest BCUT2D eigenvalue weighted by molar-refractivity contribution is 0.115. The Hall–Kier alpha value is -2.68. The average Bonchev–Trinajstić information content (AvgIpc) is 3.33. The number of hydrogen-bond donors (Lipinski definition) is 1. The zero-order valence-electron chi connectivity index (χ0n) is 20.8. The van der Waals surface area contributed by atoms with Gasteiger partial charge in [0.1, 0.15) is 18.0 Å². The number of aromatic nitrogens is 2. The Morgan fingerprint density at radius 1 is 1.17 bits per heavy atom. The molecule has 192 valence electrons. The van der Waals surface area contributed by atoms with Crippen LogP contribution in [0.2, 0.25) is 5.02 Å². The van der Waals surface area contributed by atoms with E-state index in [1.165, 1.54) is 50.9 Å². The lowest BCUT2D eigenvalue weighted by atomic mass is 9.92. The molecule has 3 heterocycles. The molecule has 2 atom stereocenters. The number of methoxy groups -OCH3 is 1. The van der Waals surface area contributed by atoms with Crippen LogP contribution in [-0.2, 0) is 0 Å². The molecule has 2 fully saturated rings. The van der Waals surface area contributed by atoms with Gasteiger partial charge in [-0.3, -0.25) is 4.90 Å². The van der Waals surface area contributed by atoms with Gasteiger partial charge in [-0.1, -0.05) is 18.5 Å². The molecule has 0 radical (unpaired) electrons. The summed E-state index contributed by atoms with van der Waals surface area (Å²) in [5.74, 6) is 2.20. The van der Waals surface area contributed by atoms with Gasteiger partial charge in [-0.25, -0.2) is 14.4 Å². The lowest BCUT2D eigenvalue weighted by Gasteiger charge is -2.37. The van der Waals surface area contributed by atoms with E-state index in [2.05, 4.69) is 32.0 Å². The molecule has 0 bridgehead atoms. The normalized spacial score (nSPS) is 20.4. The van der Waals surface area contributed by atoms with E-state index in [1.807, 2.05) is 12.1 Å². The van der Waals surface area contributed by atoms with Crippen LogP contribution in [0.15, 0.2) is 36.7 Å². The first-order chi connectivity index (χ1) is 17.6. The fourth-order valence-corrected chi connectivity index (χ4v) is 5.67. The van der Waals surface area contributed by atoms with Crippen LogP contribution in [0.1, 0.15) is 26.2 Å². The second-order valence-electron chi connectivity index (χ2n) is 9.56. The van der Waals surface area contributed by atoms with Crippen LogP contribution < -0.4 is 14.8 Å². The molecule has 0 saturated carbocycles. The number of ether oxygens (including phenoxy) is 2. The zero-order chi connectivity index (χ0) is 25.1. The third-order valence-corrected chi connectivity index (χ3v) is 7.66. The van der Waals surface area contributed by atoms with E-state index in [1.54, 1.807) is 13.2 Å². The summed E-state index contributed by atoms with van der Waals surface area (Å²) in [6.07, 6.45) is 5.06. The summed E-state index contributed by atoms with van der Waals surface area (Å²) in [6, 6.07) is 8.89. The van der Waals surface area contributed by atoms with Crippen molar-refractivity contribution in [1.82, 2.24) is 19.8 Å². The van der Waals surface area contributed by atoms with E-state index in [4.69, 9.17) is 21.1 Å². The molecule has 2 unspecified atom stereocenters. The van der Waals surface area contributed by atoms with Crippen LogP contribution in [0.5, 0.6) is 11.5 Å². The van der Waals surface area contributed by atoms with Gasteiger partial charge in [0.05, 0.1) is 24.3 Å². The molecule has 3 aromatic rings. The molecular weight excluding hydrogens is 481 g/mol. The smallest absolute Gasteiger partial charge is 0.162 e. The largest absolute Gasteiger partial charge is 0.493 e. The summed E-state index contributed by atoms with van der Waals surface area (Å²) >= 11 is 5.94. The summed E-state index contributed by atoms with van der Waals surface area (Å²) in [5.41, 5.74) is 1.35. The molecule has 2 aliphatic rings. The summed E-state index contributed by atoms with van der Waals surface area (Å²) in [7, 11) is 1.63. The van der Waals surface area contributed by atoms with Crippen molar-refractivity contribution in [3.05, 3.63) is 47.5 Å². The van der Waals surface area contributed by atoms with E-state index in [9.17, 15) is 4.39 Å². The van der Waals surface area contributed by atoms with Crippen LogP contribution >= 0.6 is 11.6 Å². The van der Waals surface area contributed by atoms with Crippen LogP contribution in [0, 0.1) is 11.7 Å². The Labute approximate surface area is 216 Å². The van der Waals surface area contributed by atoms with E-state index in [-0.39, 0.29) is 5.02 Å². The molecule has 0 amide bonds. The quantitative estimate of drug-likeness (QED) is 0.386.